The normalized spacial score (nSPS) is 11.6. The summed E-state index contributed by atoms with van der Waals surface area (Å²) in [5, 5.41) is 0. The predicted molar refractivity (Wildman–Crippen MR) is 63.5 cm³/mol. The molecule has 82 valence electrons. The van der Waals surface area contributed by atoms with Crippen LogP contribution in [0.2, 0.25) is 0 Å². The molecule has 2 heteroatoms. The number of nitrogens with zero attached hydrogens (tertiary/aromatic N) is 1. The van der Waals surface area contributed by atoms with Crippen LogP contribution in [0, 0.1) is 5.82 Å². The highest BCUT2D eigenvalue weighted by Crippen LogP contribution is 2.19. The van der Waals surface area contributed by atoms with E-state index < -0.39 is 0 Å². The van der Waals surface area contributed by atoms with E-state index in [1.165, 1.54) is 17.8 Å². The van der Waals surface area contributed by atoms with Crippen molar-refractivity contribution in [3.05, 3.63) is 41.9 Å². The van der Waals surface area contributed by atoms with Gasteiger partial charge < -0.3 is 4.90 Å². The van der Waals surface area contributed by atoms with Crippen molar-refractivity contribution < 1.29 is 4.39 Å². The molecule has 1 aromatic carbocycles. The number of allylic oxidation sites excluding steroid dienone is 2. The van der Waals surface area contributed by atoms with Crippen LogP contribution in [0.5, 0.6) is 0 Å². The molecule has 0 aliphatic heterocycles. The van der Waals surface area contributed by atoms with Crippen LogP contribution in [-0.2, 0) is 0 Å². The Bertz CT molecular complexity index is 327. The first kappa shape index (κ1) is 11.8. The molecule has 1 rings (SSSR count). The molecule has 0 heterocycles. The van der Waals surface area contributed by atoms with Crippen LogP contribution in [0.25, 0.3) is 0 Å². The van der Waals surface area contributed by atoms with Crippen LogP contribution >= 0.6 is 0 Å². The lowest BCUT2D eigenvalue weighted by Crippen LogP contribution is -2.15. The standard InChI is InChI=1S/C13H18FN/c1-4-6-12(5-2)15(3)13-9-7-11(14)8-10-13/h6-10H,4-5H2,1-3H3/b12-6+. The Morgan fingerprint density at radius 2 is 1.87 bits per heavy atom. The summed E-state index contributed by atoms with van der Waals surface area (Å²) >= 11 is 0. The highest BCUT2D eigenvalue weighted by molar-refractivity contribution is 5.50. The van der Waals surface area contributed by atoms with Crippen LogP contribution in [0.15, 0.2) is 36.0 Å². The molecular weight excluding hydrogens is 189 g/mol. The first-order chi connectivity index (χ1) is 7.19. The summed E-state index contributed by atoms with van der Waals surface area (Å²) in [6, 6.07) is 6.58. The summed E-state index contributed by atoms with van der Waals surface area (Å²) in [5.41, 5.74) is 2.29. The van der Waals surface area contributed by atoms with Crippen molar-refractivity contribution in [2.75, 3.05) is 11.9 Å². The molecule has 1 aromatic rings. The van der Waals surface area contributed by atoms with Gasteiger partial charge in [-0.3, -0.25) is 0 Å². The molecule has 0 amide bonds. The average molecular weight is 207 g/mol. The first-order valence-corrected chi connectivity index (χ1v) is 5.37. The molecule has 0 radical (unpaired) electrons. The van der Waals surface area contributed by atoms with Crippen molar-refractivity contribution in [3.8, 4) is 0 Å². The zero-order valence-corrected chi connectivity index (χ0v) is 9.63. The van der Waals surface area contributed by atoms with Crippen LogP contribution in [0.1, 0.15) is 26.7 Å². The Morgan fingerprint density at radius 3 is 2.33 bits per heavy atom. The maximum Gasteiger partial charge on any atom is 0.123 e. The first-order valence-electron chi connectivity index (χ1n) is 5.37. The van der Waals surface area contributed by atoms with Crippen molar-refractivity contribution in [2.24, 2.45) is 0 Å². The Balaban J connectivity index is 2.87. The molecule has 15 heavy (non-hydrogen) atoms. The molecule has 1 nitrogen and oxygen atoms in total. The number of halogens is 1. The SMILES string of the molecule is CC/C=C(\CC)N(C)c1ccc(F)cc1. The van der Waals surface area contributed by atoms with E-state index in [2.05, 4.69) is 24.8 Å². The van der Waals surface area contributed by atoms with Gasteiger partial charge in [0.25, 0.3) is 0 Å². The van der Waals surface area contributed by atoms with Gasteiger partial charge >= 0.3 is 0 Å². The van der Waals surface area contributed by atoms with Gasteiger partial charge in [-0.15, -0.1) is 0 Å². The monoisotopic (exact) mass is 207 g/mol. The molecule has 0 saturated heterocycles. The third-order valence-corrected chi connectivity index (χ3v) is 2.45. The third-order valence-electron chi connectivity index (χ3n) is 2.45. The van der Waals surface area contributed by atoms with Crippen molar-refractivity contribution in [3.63, 3.8) is 0 Å². The summed E-state index contributed by atoms with van der Waals surface area (Å²) in [5.74, 6) is -0.190. The lowest BCUT2D eigenvalue weighted by molar-refractivity contribution is 0.628. The number of anilines is 1. The van der Waals surface area contributed by atoms with Crippen molar-refractivity contribution in [1.82, 2.24) is 0 Å². The van der Waals surface area contributed by atoms with Crippen LogP contribution in [-0.4, -0.2) is 7.05 Å². The number of hydrogen-bond acceptors (Lipinski definition) is 1. The largest absolute Gasteiger partial charge is 0.349 e. The van der Waals surface area contributed by atoms with Crippen LogP contribution < -0.4 is 4.90 Å². The molecule has 0 aliphatic rings. The fraction of sp³-hybridized carbons (Fsp3) is 0.385. The molecule has 0 bridgehead atoms. The molecule has 0 aromatic heterocycles. The minimum atomic E-state index is -0.190. The number of rotatable bonds is 4. The summed E-state index contributed by atoms with van der Waals surface area (Å²) in [6.45, 7) is 4.25. The van der Waals surface area contributed by atoms with Gasteiger partial charge in [0, 0.05) is 18.4 Å². The second kappa shape index (κ2) is 5.54. The van der Waals surface area contributed by atoms with Gasteiger partial charge in [0.15, 0.2) is 0 Å². The van der Waals surface area contributed by atoms with Gasteiger partial charge in [0.05, 0.1) is 0 Å². The Morgan fingerprint density at radius 1 is 1.27 bits per heavy atom. The molecule has 0 saturated carbocycles. The minimum Gasteiger partial charge on any atom is -0.349 e. The van der Waals surface area contributed by atoms with Gasteiger partial charge in [0.1, 0.15) is 5.82 Å². The summed E-state index contributed by atoms with van der Waals surface area (Å²) in [4.78, 5) is 2.10. The van der Waals surface area contributed by atoms with E-state index in [9.17, 15) is 4.39 Å². The zero-order valence-electron chi connectivity index (χ0n) is 9.63. The lowest BCUT2D eigenvalue weighted by atomic mass is 10.2. The van der Waals surface area contributed by atoms with E-state index in [0.29, 0.717) is 0 Å². The molecule has 0 spiro atoms. The Kier molecular flexibility index (Phi) is 4.35. The smallest absolute Gasteiger partial charge is 0.123 e. The quantitative estimate of drug-likeness (QED) is 0.722. The van der Waals surface area contributed by atoms with Crippen molar-refractivity contribution >= 4 is 5.69 Å². The fourth-order valence-corrected chi connectivity index (χ4v) is 1.58. The van der Waals surface area contributed by atoms with Gasteiger partial charge in [-0.2, -0.15) is 0 Å². The second-order valence-corrected chi connectivity index (χ2v) is 3.49. The molecule has 0 unspecified atom stereocenters. The van der Waals surface area contributed by atoms with Gasteiger partial charge in [-0.1, -0.05) is 19.9 Å². The topological polar surface area (TPSA) is 3.24 Å². The maximum atomic E-state index is 12.7. The van der Waals surface area contributed by atoms with E-state index >= 15 is 0 Å². The summed E-state index contributed by atoms with van der Waals surface area (Å²) < 4.78 is 12.7. The molecule has 0 fully saturated rings. The summed E-state index contributed by atoms with van der Waals surface area (Å²) in [7, 11) is 2.01. The third kappa shape index (κ3) is 3.08. The number of benzene rings is 1. The van der Waals surface area contributed by atoms with Gasteiger partial charge in [-0.25, -0.2) is 4.39 Å². The van der Waals surface area contributed by atoms with E-state index in [1.54, 1.807) is 12.1 Å². The Labute approximate surface area is 91.2 Å². The molecular formula is C13H18FN. The Hall–Kier alpha value is -1.31. The van der Waals surface area contributed by atoms with E-state index in [0.717, 1.165) is 18.5 Å². The van der Waals surface area contributed by atoms with E-state index in [-0.39, 0.29) is 5.82 Å². The zero-order chi connectivity index (χ0) is 11.3. The average Bonchev–Trinajstić information content (AvgIpc) is 2.26. The maximum absolute atomic E-state index is 12.7. The molecule has 0 atom stereocenters. The van der Waals surface area contributed by atoms with Crippen molar-refractivity contribution in [2.45, 2.75) is 26.7 Å². The van der Waals surface area contributed by atoms with Crippen molar-refractivity contribution in [1.29, 1.82) is 0 Å². The lowest BCUT2D eigenvalue weighted by Gasteiger charge is -2.22. The van der Waals surface area contributed by atoms with E-state index in [4.69, 9.17) is 0 Å². The molecule has 0 aliphatic carbocycles. The summed E-state index contributed by atoms with van der Waals surface area (Å²) in [6.07, 6.45) is 4.21. The van der Waals surface area contributed by atoms with Crippen LogP contribution in [0.3, 0.4) is 0 Å². The highest BCUT2D eigenvalue weighted by Gasteiger charge is 2.04. The number of hydrogen-bond donors (Lipinski definition) is 0. The van der Waals surface area contributed by atoms with Crippen LogP contribution in [0.4, 0.5) is 10.1 Å². The minimum absolute atomic E-state index is 0.190. The predicted octanol–water partition coefficient (Wildman–Crippen LogP) is 3.97. The van der Waals surface area contributed by atoms with E-state index in [1.807, 2.05) is 7.05 Å². The molecule has 0 N–H and O–H groups in total. The van der Waals surface area contributed by atoms with Gasteiger partial charge in [-0.05, 0) is 37.1 Å². The highest BCUT2D eigenvalue weighted by atomic mass is 19.1. The second-order valence-electron chi connectivity index (χ2n) is 3.49. The van der Waals surface area contributed by atoms with Gasteiger partial charge in [0.2, 0.25) is 0 Å². The fourth-order valence-electron chi connectivity index (χ4n) is 1.58.